The molecule has 3 atom stereocenters. The molecule has 0 aliphatic carbocycles. The molecule has 3 aromatic rings. The molecule has 0 radical (unpaired) electrons. The summed E-state index contributed by atoms with van der Waals surface area (Å²) in [6, 6.07) is 3.89. The quantitative estimate of drug-likeness (QED) is 0.475. The van der Waals surface area contributed by atoms with Crippen molar-refractivity contribution in [2.45, 2.75) is 71.1 Å². The Hall–Kier alpha value is -3.31. The first-order chi connectivity index (χ1) is 18.3. The molecule has 11 heteroatoms. The lowest BCUT2D eigenvalue weighted by Gasteiger charge is -2.41. The molecule has 6 rings (SSSR count). The van der Waals surface area contributed by atoms with Crippen LogP contribution in [0.25, 0.3) is 11.2 Å². The molecule has 11 nitrogen and oxygen atoms in total. The van der Waals surface area contributed by atoms with Gasteiger partial charge < -0.3 is 25.6 Å². The maximum absolute atomic E-state index is 12.6. The molecule has 202 valence electrons. The van der Waals surface area contributed by atoms with Crippen LogP contribution in [-0.2, 0) is 4.74 Å². The van der Waals surface area contributed by atoms with E-state index in [1.54, 1.807) is 6.07 Å². The third kappa shape index (κ3) is 4.17. The van der Waals surface area contributed by atoms with E-state index in [4.69, 9.17) is 25.4 Å². The third-order valence-electron chi connectivity index (χ3n) is 8.52. The number of pyridine rings is 1. The highest BCUT2D eigenvalue weighted by atomic mass is 16.5. The Balaban J connectivity index is 1.24. The van der Waals surface area contributed by atoms with Gasteiger partial charge in [0.2, 0.25) is 0 Å². The maximum atomic E-state index is 12.6. The number of nitrogens with zero attached hydrogens (tertiary/aromatic N) is 6. The summed E-state index contributed by atoms with van der Waals surface area (Å²) in [5, 5.41) is 10.6. The summed E-state index contributed by atoms with van der Waals surface area (Å²) in [7, 11) is 0. The summed E-state index contributed by atoms with van der Waals surface area (Å²) < 4.78 is 5.87. The molecule has 2 saturated heterocycles. The first-order valence-corrected chi connectivity index (χ1v) is 13.7. The van der Waals surface area contributed by atoms with Crippen LogP contribution in [0.2, 0.25) is 0 Å². The number of fused-ring (bicyclic) bond motifs is 2. The van der Waals surface area contributed by atoms with Gasteiger partial charge in [-0.2, -0.15) is 5.10 Å². The van der Waals surface area contributed by atoms with E-state index in [9.17, 15) is 4.79 Å². The van der Waals surface area contributed by atoms with Crippen LogP contribution < -0.4 is 20.9 Å². The van der Waals surface area contributed by atoms with E-state index in [2.05, 4.69) is 39.2 Å². The second-order valence-electron chi connectivity index (χ2n) is 11.4. The number of nitrogens with one attached hydrogen (secondary N) is 2. The average Bonchev–Trinajstić information content (AvgIpc) is 3.45. The molecular formula is C27H37N9O2. The van der Waals surface area contributed by atoms with Gasteiger partial charge in [0.1, 0.15) is 11.5 Å². The first kappa shape index (κ1) is 25.0. The molecular weight excluding hydrogens is 482 g/mol. The molecule has 3 aliphatic heterocycles. The van der Waals surface area contributed by atoms with Gasteiger partial charge in [-0.15, -0.1) is 0 Å². The molecule has 3 aromatic heterocycles. The van der Waals surface area contributed by atoms with Crippen molar-refractivity contribution in [2.24, 2.45) is 11.1 Å². The first-order valence-electron chi connectivity index (χ1n) is 13.7. The van der Waals surface area contributed by atoms with Crippen molar-refractivity contribution in [3.63, 3.8) is 0 Å². The molecule has 3 aliphatic rings. The van der Waals surface area contributed by atoms with E-state index < -0.39 is 0 Å². The van der Waals surface area contributed by atoms with E-state index in [0.717, 1.165) is 74.0 Å². The average molecular weight is 520 g/mol. The molecule has 0 saturated carbocycles. The van der Waals surface area contributed by atoms with Crippen molar-refractivity contribution in [3.05, 3.63) is 29.7 Å². The minimum atomic E-state index is -0.156. The molecule has 0 bridgehead atoms. The Morgan fingerprint density at radius 3 is 2.71 bits per heavy atom. The molecule has 1 amide bonds. The monoisotopic (exact) mass is 519 g/mol. The minimum Gasteiger partial charge on any atom is -0.376 e. The van der Waals surface area contributed by atoms with Gasteiger partial charge in [-0.25, -0.2) is 15.0 Å². The normalized spacial score (nSPS) is 24.8. The van der Waals surface area contributed by atoms with Gasteiger partial charge in [0.25, 0.3) is 5.91 Å². The van der Waals surface area contributed by atoms with E-state index >= 15 is 0 Å². The molecule has 4 N–H and O–H groups in total. The Morgan fingerprint density at radius 1 is 1.21 bits per heavy atom. The van der Waals surface area contributed by atoms with E-state index in [-0.39, 0.29) is 35.4 Å². The Labute approximate surface area is 222 Å². The van der Waals surface area contributed by atoms with Crippen molar-refractivity contribution in [1.29, 1.82) is 0 Å². The fourth-order valence-electron chi connectivity index (χ4n) is 6.10. The minimum absolute atomic E-state index is 0.0530. The van der Waals surface area contributed by atoms with Crippen molar-refractivity contribution < 1.29 is 9.53 Å². The zero-order valence-electron chi connectivity index (χ0n) is 22.6. The fourth-order valence-corrected chi connectivity index (χ4v) is 6.10. The van der Waals surface area contributed by atoms with Gasteiger partial charge >= 0.3 is 0 Å². The number of carbonyl (C=O) groups excluding carboxylic acids is 1. The van der Waals surface area contributed by atoms with E-state index in [1.807, 2.05) is 26.1 Å². The van der Waals surface area contributed by atoms with Crippen molar-refractivity contribution in [3.8, 4) is 0 Å². The van der Waals surface area contributed by atoms with Crippen LogP contribution in [0.15, 0.2) is 18.3 Å². The molecule has 38 heavy (non-hydrogen) atoms. The predicted molar refractivity (Wildman–Crippen MR) is 146 cm³/mol. The van der Waals surface area contributed by atoms with Gasteiger partial charge in [-0.3, -0.25) is 9.89 Å². The number of piperidine rings is 1. The molecule has 2 fully saturated rings. The topological polar surface area (TPSA) is 138 Å². The van der Waals surface area contributed by atoms with Gasteiger partial charge in [-0.1, -0.05) is 6.92 Å². The summed E-state index contributed by atoms with van der Waals surface area (Å²) in [5.74, 6) is 1.66. The number of hydrogen-bond acceptors (Lipinski definition) is 9. The zero-order valence-corrected chi connectivity index (χ0v) is 22.6. The Bertz CT molecular complexity index is 1350. The smallest absolute Gasteiger partial charge is 0.270 e. The van der Waals surface area contributed by atoms with Crippen LogP contribution >= 0.6 is 0 Å². The SMILES string of the molecule is CC(C)NC(=O)c1ccc2c(n1)[C@@H](C)CCN2c1n[nH]c2nc(N3CCC4(CC3)CO[C@@H](C)[C@H]4N)cnc12. The molecule has 0 aromatic carbocycles. The maximum Gasteiger partial charge on any atom is 0.270 e. The standard InChI is InChI=1S/C27H37N9O2/c1-15(2)30-26(37)18-5-6-19-21(31-18)16(3)7-10-36(19)25-22-24(33-34-25)32-20(13-29-22)35-11-8-27(9-12-35)14-38-17(4)23(27)28/h5-6,13,15-17,23H,7-12,14,28H2,1-4H3,(H,30,37)(H,32,33,34)/t16-,17-,23+/m0/s1. The van der Waals surface area contributed by atoms with Crippen LogP contribution in [0, 0.1) is 5.41 Å². The lowest BCUT2D eigenvalue weighted by Crippen LogP contribution is -2.50. The Morgan fingerprint density at radius 2 is 2.00 bits per heavy atom. The summed E-state index contributed by atoms with van der Waals surface area (Å²) >= 11 is 0. The number of carbonyl (C=O) groups is 1. The van der Waals surface area contributed by atoms with E-state index in [0.29, 0.717) is 11.3 Å². The predicted octanol–water partition coefficient (Wildman–Crippen LogP) is 2.86. The lowest BCUT2D eigenvalue weighted by atomic mass is 9.73. The second-order valence-corrected chi connectivity index (χ2v) is 11.4. The van der Waals surface area contributed by atoms with Crippen molar-refractivity contribution >= 4 is 34.4 Å². The number of aromatic nitrogens is 5. The largest absolute Gasteiger partial charge is 0.376 e. The van der Waals surface area contributed by atoms with Gasteiger partial charge in [0, 0.05) is 43.1 Å². The number of nitrogens with two attached hydrogens (primary N) is 1. The van der Waals surface area contributed by atoms with Crippen LogP contribution in [-0.4, -0.2) is 75.5 Å². The number of amides is 1. The number of ether oxygens (including phenoxy) is 1. The van der Waals surface area contributed by atoms with Gasteiger partial charge in [0.05, 0.1) is 30.3 Å². The van der Waals surface area contributed by atoms with Gasteiger partial charge in [0.15, 0.2) is 17.0 Å². The highest BCUT2D eigenvalue weighted by Gasteiger charge is 2.47. The van der Waals surface area contributed by atoms with Gasteiger partial charge in [-0.05, 0) is 52.2 Å². The number of rotatable bonds is 4. The molecule has 6 heterocycles. The third-order valence-corrected chi connectivity index (χ3v) is 8.52. The number of hydrogen-bond donors (Lipinski definition) is 3. The summed E-state index contributed by atoms with van der Waals surface area (Å²) in [4.78, 5) is 31.4. The summed E-state index contributed by atoms with van der Waals surface area (Å²) in [6.07, 6.45) is 4.83. The van der Waals surface area contributed by atoms with Crippen molar-refractivity contribution in [1.82, 2.24) is 30.5 Å². The molecule has 0 unspecified atom stereocenters. The number of aromatic amines is 1. The van der Waals surface area contributed by atoms with Crippen LogP contribution in [0.1, 0.15) is 69.1 Å². The van der Waals surface area contributed by atoms with Crippen molar-refractivity contribution in [2.75, 3.05) is 36.0 Å². The highest BCUT2D eigenvalue weighted by Crippen LogP contribution is 2.42. The molecule has 1 spiro atoms. The van der Waals surface area contributed by atoms with Crippen LogP contribution in [0.4, 0.5) is 17.3 Å². The van der Waals surface area contributed by atoms with Crippen LogP contribution in [0.3, 0.4) is 0 Å². The number of H-pyrrole nitrogens is 1. The highest BCUT2D eigenvalue weighted by molar-refractivity contribution is 5.93. The second kappa shape index (κ2) is 9.46. The fraction of sp³-hybridized carbons (Fsp3) is 0.593. The van der Waals surface area contributed by atoms with Crippen LogP contribution in [0.5, 0.6) is 0 Å². The van der Waals surface area contributed by atoms with E-state index in [1.165, 1.54) is 0 Å². The lowest BCUT2D eigenvalue weighted by molar-refractivity contribution is 0.0937. The summed E-state index contributed by atoms with van der Waals surface area (Å²) in [5.41, 5.74) is 10.2. The zero-order chi connectivity index (χ0) is 26.6. The Kier molecular flexibility index (Phi) is 6.22. The number of anilines is 3. The summed E-state index contributed by atoms with van der Waals surface area (Å²) in [6.45, 7) is 11.4.